The maximum atomic E-state index is 13.0. The Balaban J connectivity index is 1.71. The number of thiophene rings is 1. The van der Waals surface area contributed by atoms with Crippen LogP contribution in [0.4, 0.5) is 0 Å². The van der Waals surface area contributed by atoms with Gasteiger partial charge in [-0.05, 0) is 35.2 Å². The van der Waals surface area contributed by atoms with Gasteiger partial charge in [0.2, 0.25) is 5.91 Å². The maximum absolute atomic E-state index is 13.0. The molecule has 7 nitrogen and oxygen atoms in total. The minimum Gasteiger partial charge on any atom is -0.497 e. The second kappa shape index (κ2) is 11.3. The van der Waals surface area contributed by atoms with Gasteiger partial charge >= 0.3 is 0 Å². The molecule has 0 radical (unpaired) electrons. The zero-order valence-corrected chi connectivity index (χ0v) is 18.7. The first-order valence-electron chi connectivity index (χ1n) is 10.1. The Kier molecular flexibility index (Phi) is 8.24. The average Bonchev–Trinajstić information content (AvgIpc) is 3.37. The molecule has 3 N–H and O–H groups in total. The van der Waals surface area contributed by atoms with E-state index < -0.39 is 12.1 Å². The summed E-state index contributed by atoms with van der Waals surface area (Å²) in [7, 11) is 3.04. The summed E-state index contributed by atoms with van der Waals surface area (Å²) in [6.45, 7) is -0.0531. The van der Waals surface area contributed by atoms with Crippen molar-refractivity contribution in [1.82, 2.24) is 10.6 Å². The largest absolute Gasteiger partial charge is 0.497 e. The van der Waals surface area contributed by atoms with E-state index >= 15 is 0 Å². The first kappa shape index (κ1) is 23.3. The zero-order valence-electron chi connectivity index (χ0n) is 17.9. The van der Waals surface area contributed by atoms with Crippen LogP contribution in [0.1, 0.15) is 26.9 Å². The van der Waals surface area contributed by atoms with Crippen molar-refractivity contribution in [2.75, 3.05) is 20.8 Å². The highest BCUT2D eigenvalue weighted by atomic mass is 32.1. The first-order valence-corrected chi connectivity index (χ1v) is 11.0. The minimum absolute atomic E-state index is 0.0531. The Morgan fingerprint density at radius 3 is 2.47 bits per heavy atom. The molecule has 3 aromatic rings. The molecule has 0 saturated carbocycles. The summed E-state index contributed by atoms with van der Waals surface area (Å²) in [5.74, 6) is 0.349. The molecular weight excluding hydrogens is 428 g/mol. The Morgan fingerprint density at radius 2 is 1.81 bits per heavy atom. The molecule has 0 fully saturated rings. The van der Waals surface area contributed by atoms with Gasteiger partial charge in [-0.15, -0.1) is 11.3 Å². The molecule has 0 spiro atoms. The molecule has 2 aromatic carbocycles. The molecule has 1 aromatic heterocycles. The van der Waals surface area contributed by atoms with Crippen LogP contribution in [0.3, 0.4) is 0 Å². The number of aliphatic hydroxyl groups is 1. The quantitative estimate of drug-likeness (QED) is 0.438. The summed E-state index contributed by atoms with van der Waals surface area (Å²) in [4.78, 5) is 26.1. The Hall–Kier alpha value is -3.36. The van der Waals surface area contributed by atoms with E-state index in [9.17, 15) is 14.7 Å². The summed E-state index contributed by atoms with van der Waals surface area (Å²) >= 11 is 1.30. The van der Waals surface area contributed by atoms with Crippen molar-refractivity contribution in [2.24, 2.45) is 0 Å². The van der Waals surface area contributed by atoms with Crippen LogP contribution in [-0.2, 0) is 11.2 Å². The van der Waals surface area contributed by atoms with E-state index in [4.69, 9.17) is 9.47 Å². The normalized spacial score (nSPS) is 12.5. The van der Waals surface area contributed by atoms with Gasteiger partial charge in [-0.2, -0.15) is 0 Å². The molecule has 168 valence electrons. The standard InChI is InChI=1S/C24H26N2O5S/c1-30-17-10-11-21(31-2)18(14-17)20(27)15-25-23(28)19(13-16-7-4-3-5-8-16)26-24(29)22-9-6-12-32-22/h3-12,14,19-20,27H,13,15H2,1-2H3,(H,25,28)(H,26,29). The lowest BCUT2D eigenvalue weighted by Gasteiger charge is -2.21. The van der Waals surface area contributed by atoms with Crippen molar-refractivity contribution in [3.05, 3.63) is 82.0 Å². The van der Waals surface area contributed by atoms with Crippen LogP contribution in [0.25, 0.3) is 0 Å². The van der Waals surface area contributed by atoms with Crippen molar-refractivity contribution in [3.63, 3.8) is 0 Å². The third-order valence-corrected chi connectivity index (χ3v) is 5.78. The van der Waals surface area contributed by atoms with Gasteiger partial charge in [-0.1, -0.05) is 36.4 Å². The van der Waals surface area contributed by atoms with Gasteiger partial charge in [0.1, 0.15) is 17.5 Å². The van der Waals surface area contributed by atoms with Crippen LogP contribution in [0.5, 0.6) is 11.5 Å². The predicted octanol–water partition coefficient (Wildman–Crippen LogP) is 2.96. The Bertz CT molecular complexity index is 1020. The van der Waals surface area contributed by atoms with E-state index in [2.05, 4.69) is 10.6 Å². The fraction of sp³-hybridized carbons (Fsp3) is 0.250. The fourth-order valence-electron chi connectivity index (χ4n) is 3.23. The molecule has 2 unspecified atom stereocenters. The van der Waals surface area contributed by atoms with Crippen LogP contribution < -0.4 is 20.1 Å². The topological polar surface area (TPSA) is 96.9 Å². The number of rotatable bonds is 10. The molecule has 0 aliphatic carbocycles. The van der Waals surface area contributed by atoms with Gasteiger partial charge in [0, 0.05) is 18.5 Å². The number of hydrogen-bond donors (Lipinski definition) is 3. The van der Waals surface area contributed by atoms with Crippen molar-refractivity contribution in [1.29, 1.82) is 0 Å². The second-order valence-electron chi connectivity index (χ2n) is 7.06. The van der Waals surface area contributed by atoms with Gasteiger partial charge < -0.3 is 25.2 Å². The predicted molar refractivity (Wildman–Crippen MR) is 123 cm³/mol. The SMILES string of the molecule is COc1ccc(OC)c(C(O)CNC(=O)C(Cc2ccccc2)NC(=O)c2cccs2)c1. The van der Waals surface area contributed by atoms with Crippen LogP contribution in [0.2, 0.25) is 0 Å². The van der Waals surface area contributed by atoms with Gasteiger partial charge in [-0.3, -0.25) is 9.59 Å². The molecule has 3 rings (SSSR count). The number of carbonyl (C=O) groups excluding carboxylic acids is 2. The highest BCUT2D eigenvalue weighted by Gasteiger charge is 2.24. The third-order valence-electron chi connectivity index (χ3n) is 4.91. The lowest BCUT2D eigenvalue weighted by atomic mass is 10.0. The van der Waals surface area contributed by atoms with Crippen LogP contribution in [0.15, 0.2) is 66.0 Å². The van der Waals surface area contributed by atoms with Crippen molar-refractivity contribution in [3.8, 4) is 11.5 Å². The van der Waals surface area contributed by atoms with E-state index in [-0.39, 0.29) is 18.4 Å². The summed E-state index contributed by atoms with van der Waals surface area (Å²) < 4.78 is 10.5. The van der Waals surface area contributed by atoms with Crippen LogP contribution >= 0.6 is 11.3 Å². The number of nitrogens with one attached hydrogen (secondary N) is 2. The number of aliphatic hydroxyl groups excluding tert-OH is 1. The fourth-order valence-corrected chi connectivity index (χ4v) is 3.85. The van der Waals surface area contributed by atoms with Gasteiger partial charge in [0.05, 0.1) is 25.2 Å². The zero-order chi connectivity index (χ0) is 22.9. The second-order valence-corrected chi connectivity index (χ2v) is 8.01. The number of hydrogen-bond acceptors (Lipinski definition) is 6. The van der Waals surface area contributed by atoms with Gasteiger partial charge in [0.15, 0.2) is 0 Å². The highest BCUT2D eigenvalue weighted by molar-refractivity contribution is 7.12. The Morgan fingerprint density at radius 1 is 1.03 bits per heavy atom. The minimum atomic E-state index is -1.02. The highest BCUT2D eigenvalue weighted by Crippen LogP contribution is 2.29. The van der Waals surface area contributed by atoms with E-state index in [1.54, 1.807) is 35.7 Å². The molecule has 0 aliphatic rings. The molecule has 2 amide bonds. The average molecular weight is 455 g/mol. The lowest BCUT2D eigenvalue weighted by molar-refractivity contribution is -0.123. The summed E-state index contributed by atoms with van der Waals surface area (Å²) in [6.07, 6.45) is -0.697. The van der Waals surface area contributed by atoms with Crippen molar-refractivity contribution < 1.29 is 24.2 Å². The molecule has 0 saturated heterocycles. The van der Waals surface area contributed by atoms with E-state index in [0.29, 0.717) is 28.4 Å². The lowest BCUT2D eigenvalue weighted by Crippen LogP contribution is -2.48. The number of ether oxygens (including phenoxy) is 2. The van der Waals surface area contributed by atoms with Crippen molar-refractivity contribution in [2.45, 2.75) is 18.6 Å². The third kappa shape index (κ3) is 6.09. The van der Waals surface area contributed by atoms with Crippen LogP contribution in [-0.4, -0.2) is 43.7 Å². The van der Waals surface area contributed by atoms with Crippen LogP contribution in [0, 0.1) is 0 Å². The molecule has 2 atom stereocenters. The Labute approximate surface area is 191 Å². The van der Waals surface area contributed by atoms with Gasteiger partial charge in [-0.25, -0.2) is 0 Å². The van der Waals surface area contributed by atoms with E-state index in [1.807, 2.05) is 30.3 Å². The molecule has 0 bridgehead atoms. The number of benzene rings is 2. The first-order chi connectivity index (χ1) is 15.5. The molecule has 0 aliphatic heterocycles. The molecule has 32 heavy (non-hydrogen) atoms. The van der Waals surface area contributed by atoms with E-state index in [0.717, 1.165) is 5.56 Å². The number of methoxy groups -OCH3 is 2. The number of carbonyl (C=O) groups is 2. The van der Waals surface area contributed by atoms with E-state index in [1.165, 1.54) is 25.6 Å². The van der Waals surface area contributed by atoms with Crippen molar-refractivity contribution >= 4 is 23.2 Å². The maximum Gasteiger partial charge on any atom is 0.262 e. The smallest absolute Gasteiger partial charge is 0.262 e. The summed E-state index contributed by atoms with van der Waals surface area (Å²) in [5.41, 5.74) is 1.41. The molecular formula is C24H26N2O5S. The number of amides is 2. The molecule has 8 heteroatoms. The van der Waals surface area contributed by atoms with Gasteiger partial charge in [0.25, 0.3) is 5.91 Å². The summed E-state index contributed by atoms with van der Waals surface area (Å²) in [6, 6.07) is 17.2. The monoisotopic (exact) mass is 454 g/mol. The summed E-state index contributed by atoms with van der Waals surface area (Å²) in [5, 5.41) is 18.0. The molecule has 1 heterocycles.